The summed E-state index contributed by atoms with van der Waals surface area (Å²) in [5, 5.41) is 0. The molecule has 0 aromatic rings. The lowest BCUT2D eigenvalue weighted by atomic mass is 10.00. The minimum Gasteiger partial charge on any atom is -0.493 e. The molecule has 0 aromatic carbocycles. The second-order valence-electron chi connectivity index (χ2n) is 5.06. The van der Waals surface area contributed by atoms with Crippen LogP contribution in [0, 0.1) is 6.42 Å². The lowest BCUT2D eigenvalue weighted by Crippen LogP contribution is -2.55. The van der Waals surface area contributed by atoms with E-state index >= 15 is 0 Å². The summed E-state index contributed by atoms with van der Waals surface area (Å²) >= 11 is 0. The molecule has 21 heavy (non-hydrogen) atoms. The minimum absolute atomic E-state index is 0.279. The summed E-state index contributed by atoms with van der Waals surface area (Å²) in [5.74, 6) is 0.617. The number of quaternary nitrogens is 1. The number of nitrogens with zero attached hydrogens (tertiary/aromatic N) is 1. The quantitative estimate of drug-likeness (QED) is 0.745. The molecular formula is C15H21NO5+. The van der Waals surface area contributed by atoms with Crippen LogP contribution in [0.2, 0.25) is 0 Å². The molecule has 6 nitrogen and oxygen atoms in total. The first kappa shape index (κ1) is 15.6. The van der Waals surface area contributed by atoms with Crippen LogP contribution in [0.15, 0.2) is 23.2 Å². The zero-order chi connectivity index (χ0) is 15.5. The van der Waals surface area contributed by atoms with Gasteiger partial charge < -0.3 is 14.2 Å². The fourth-order valence-electron chi connectivity index (χ4n) is 2.92. The lowest BCUT2D eigenvalue weighted by molar-refractivity contribution is -0.766. The Hall–Kier alpha value is -1.82. The van der Waals surface area contributed by atoms with Crippen LogP contribution in [0.1, 0.15) is 19.3 Å². The molecule has 1 fully saturated rings. The average Bonchev–Trinajstić information content (AvgIpc) is 3.03. The van der Waals surface area contributed by atoms with Crippen LogP contribution in [0.3, 0.4) is 0 Å². The number of amides is 2. The second-order valence-corrected chi connectivity index (χ2v) is 5.06. The van der Waals surface area contributed by atoms with E-state index in [1.54, 1.807) is 6.42 Å². The zero-order valence-electron chi connectivity index (χ0n) is 12.7. The third-order valence-corrected chi connectivity index (χ3v) is 3.99. The normalized spacial score (nSPS) is 20.8. The molecule has 0 aromatic heterocycles. The highest BCUT2D eigenvalue weighted by Gasteiger charge is 2.51. The maximum Gasteiger partial charge on any atom is 0.523 e. The van der Waals surface area contributed by atoms with Crippen molar-refractivity contribution in [3.8, 4) is 0 Å². The molecule has 0 saturated carbocycles. The molecule has 0 N–H and O–H groups in total. The van der Waals surface area contributed by atoms with Gasteiger partial charge in [-0.1, -0.05) is 0 Å². The third kappa shape index (κ3) is 2.55. The summed E-state index contributed by atoms with van der Waals surface area (Å²) in [6.07, 6.45) is 5.31. The average molecular weight is 295 g/mol. The number of ether oxygens (including phenoxy) is 3. The maximum atomic E-state index is 13.0. The number of hydrogen-bond donors (Lipinski definition) is 0. The second kappa shape index (κ2) is 6.30. The van der Waals surface area contributed by atoms with Crippen molar-refractivity contribution < 1.29 is 28.3 Å². The molecule has 1 saturated heterocycles. The van der Waals surface area contributed by atoms with E-state index in [4.69, 9.17) is 14.2 Å². The number of allylic oxidation sites excluding steroid dienone is 1. The van der Waals surface area contributed by atoms with Gasteiger partial charge in [0.15, 0.2) is 11.5 Å². The summed E-state index contributed by atoms with van der Waals surface area (Å²) in [4.78, 5) is 25.1. The Bertz CT molecular complexity index is 500. The standard InChI is InChI=1S/C15H21NO5/c1-19-12-8-6-7-11(13(12)20-2)14(17)16(15(18)21-3)9-4-5-10-16/h7-8H,4-6,9-10H2,1-3H3/q+1. The van der Waals surface area contributed by atoms with Gasteiger partial charge in [0.1, 0.15) is 5.57 Å². The lowest BCUT2D eigenvalue weighted by Gasteiger charge is -2.28. The third-order valence-electron chi connectivity index (χ3n) is 3.99. The van der Waals surface area contributed by atoms with E-state index in [9.17, 15) is 9.59 Å². The number of carbonyl (C=O) groups is 2. The van der Waals surface area contributed by atoms with E-state index in [0.29, 0.717) is 36.6 Å². The van der Waals surface area contributed by atoms with E-state index in [0.717, 1.165) is 12.8 Å². The Morgan fingerprint density at radius 1 is 1.10 bits per heavy atom. The van der Waals surface area contributed by atoms with Crippen molar-refractivity contribution in [1.29, 1.82) is 0 Å². The first-order valence-corrected chi connectivity index (χ1v) is 6.97. The summed E-state index contributed by atoms with van der Waals surface area (Å²) < 4.78 is 15.1. The van der Waals surface area contributed by atoms with Gasteiger partial charge in [0.25, 0.3) is 0 Å². The zero-order valence-corrected chi connectivity index (χ0v) is 12.7. The fraction of sp³-hybridized carbons (Fsp3) is 0.533. The highest BCUT2D eigenvalue weighted by atomic mass is 16.5. The van der Waals surface area contributed by atoms with Crippen molar-refractivity contribution in [1.82, 2.24) is 0 Å². The molecule has 115 valence electrons. The van der Waals surface area contributed by atoms with Gasteiger partial charge >= 0.3 is 12.0 Å². The topological polar surface area (TPSA) is 61.8 Å². The Labute approximate surface area is 124 Å². The highest BCUT2D eigenvalue weighted by molar-refractivity contribution is 5.97. The first-order valence-electron chi connectivity index (χ1n) is 6.97. The predicted molar refractivity (Wildman–Crippen MR) is 74.7 cm³/mol. The molecule has 2 aliphatic rings. The Kier molecular flexibility index (Phi) is 4.67. The number of likely N-dealkylation sites (tertiary alicyclic amines) is 1. The molecule has 0 bridgehead atoms. The van der Waals surface area contributed by atoms with Crippen molar-refractivity contribution in [3.63, 3.8) is 0 Å². The molecule has 0 unspecified atom stereocenters. The fourth-order valence-corrected chi connectivity index (χ4v) is 2.92. The number of carbonyl (C=O) groups excluding carboxylic acids is 2. The van der Waals surface area contributed by atoms with Crippen molar-refractivity contribution in [2.75, 3.05) is 34.4 Å². The smallest absolute Gasteiger partial charge is 0.493 e. The van der Waals surface area contributed by atoms with Gasteiger partial charge in [-0.05, 0) is 12.5 Å². The minimum atomic E-state index is -0.512. The van der Waals surface area contributed by atoms with E-state index < -0.39 is 6.09 Å². The molecule has 1 aliphatic heterocycles. The van der Waals surface area contributed by atoms with E-state index in [-0.39, 0.29) is 10.4 Å². The summed E-state index contributed by atoms with van der Waals surface area (Å²) in [5.41, 5.74) is 0.393. The first-order chi connectivity index (χ1) is 10.1. The number of methoxy groups -OCH3 is 3. The van der Waals surface area contributed by atoms with Crippen LogP contribution >= 0.6 is 0 Å². The molecule has 0 spiro atoms. The molecule has 0 atom stereocenters. The van der Waals surface area contributed by atoms with Gasteiger partial charge in [0, 0.05) is 19.3 Å². The van der Waals surface area contributed by atoms with E-state index in [1.807, 2.05) is 6.08 Å². The summed E-state index contributed by atoms with van der Waals surface area (Å²) in [6.45, 7) is 0.928. The van der Waals surface area contributed by atoms with Crippen LogP contribution in [0.25, 0.3) is 0 Å². The summed E-state index contributed by atoms with van der Waals surface area (Å²) in [7, 11) is 4.32. The van der Waals surface area contributed by atoms with E-state index in [2.05, 4.69) is 0 Å². The molecular weight excluding hydrogens is 274 g/mol. The Balaban J connectivity index is 2.43. The van der Waals surface area contributed by atoms with Crippen molar-refractivity contribution in [2.45, 2.75) is 19.3 Å². The van der Waals surface area contributed by atoms with Gasteiger partial charge in [-0.15, -0.1) is 0 Å². The molecule has 2 amide bonds. The Morgan fingerprint density at radius 2 is 1.76 bits per heavy atom. The molecule has 6 heteroatoms. The van der Waals surface area contributed by atoms with Crippen LogP contribution in [0.4, 0.5) is 4.79 Å². The van der Waals surface area contributed by atoms with Crippen molar-refractivity contribution in [3.05, 3.63) is 29.6 Å². The largest absolute Gasteiger partial charge is 0.523 e. The van der Waals surface area contributed by atoms with Gasteiger partial charge in [-0.3, -0.25) is 0 Å². The number of rotatable bonds is 3. The molecule has 1 aliphatic carbocycles. The molecule has 2 rings (SSSR count). The van der Waals surface area contributed by atoms with Gasteiger partial charge in [-0.25, -0.2) is 4.79 Å². The van der Waals surface area contributed by atoms with Gasteiger partial charge in [0.2, 0.25) is 0 Å². The van der Waals surface area contributed by atoms with Crippen LogP contribution < -0.4 is 0 Å². The SMILES string of the molecule is COC(=O)[N+]1(C(=O)C2=C(OC)C(OC)=CC[CH]2)CCCC1. The number of imide groups is 1. The van der Waals surface area contributed by atoms with Crippen molar-refractivity contribution in [2.24, 2.45) is 0 Å². The van der Waals surface area contributed by atoms with Gasteiger partial charge in [0.05, 0.1) is 34.4 Å². The van der Waals surface area contributed by atoms with E-state index in [1.165, 1.54) is 21.3 Å². The number of hydrogen-bond acceptors (Lipinski definition) is 5. The summed E-state index contributed by atoms with van der Waals surface area (Å²) in [6, 6.07) is 0. The molecule has 1 heterocycles. The van der Waals surface area contributed by atoms with Crippen LogP contribution in [-0.4, -0.2) is 50.9 Å². The van der Waals surface area contributed by atoms with Gasteiger partial charge in [-0.2, -0.15) is 9.28 Å². The van der Waals surface area contributed by atoms with Crippen LogP contribution in [0.5, 0.6) is 0 Å². The highest BCUT2D eigenvalue weighted by Crippen LogP contribution is 2.32. The maximum absolute atomic E-state index is 13.0. The predicted octanol–water partition coefficient (Wildman–Crippen LogP) is 1.93. The Morgan fingerprint density at radius 3 is 2.29 bits per heavy atom. The van der Waals surface area contributed by atoms with Crippen LogP contribution in [-0.2, 0) is 19.0 Å². The van der Waals surface area contributed by atoms with Crippen molar-refractivity contribution >= 4 is 12.0 Å². The molecule has 1 radical (unpaired) electrons. The monoisotopic (exact) mass is 295 g/mol.